The van der Waals surface area contributed by atoms with Crippen LogP contribution in [0, 0.1) is 0 Å². The number of ether oxygens (including phenoxy) is 2. The molecule has 2 aromatic rings. The summed E-state index contributed by atoms with van der Waals surface area (Å²) in [5, 5.41) is 0.721. The summed E-state index contributed by atoms with van der Waals surface area (Å²) in [6.07, 6.45) is 1.95. The molecule has 0 aromatic heterocycles. The molecule has 27 heavy (non-hydrogen) atoms. The monoisotopic (exact) mass is 387 g/mol. The minimum absolute atomic E-state index is 0.0683. The molecule has 0 saturated carbocycles. The van der Waals surface area contributed by atoms with E-state index in [1.165, 1.54) is 0 Å². The van der Waals surface area contributed by atoms with E-state index >= 15 is 0 Å². The normalized spacial score (nSPS) is 16.7. The van der Waals surface area contributed by atoms with Crippen molar-refractivity contribution in [2.75, 3.05) is 26.2 Å². The van der Waals surface area contributed by atoms with E-state index in [9.17, 15) is 4.79 Å². The summed E-state index contributed by atoms with van der Waals surface area (Å²) in [5.74, 6) is 1.74. The number of carbonyl (C=O) groups excluding carboxylic acids is 1. The highest BCUT2D eigenvalue weighted by Gasteiger charge is 2.31. The van der Waals surface area contributed by atoms with Crippen molar-refractivity contribution < 1.29 is 14.3 Å². The number of nitrogens with zero attached hydrogens (tertiary/aromatic N) is 1. The summed E-state index contributed by atoms with van der Waals surface area (Å²) < 4.78 is 12.0. The number of hydrogen-bond acceptors (Lipinski definition) is 4. The van der Waals surface area contributed by atoms with Crippen molar-refractivity contribution >= 4 is 17.4 Å². The predicted molar refractivity (Wildman–Crippen MR) is 108 cm³/mol. The number of Topliss-reactive ketones (excluding diaryl/α,β-unsaturated/α-hetero) is 1. The Hall–Kier alpha value is -2.04. The van der Waals surface area contributed by atoms with Gasteiger partial charge in [-0.1, -0.05) is 11.6 Å². The Morgan fingerprint density at radius 1 is 1.04 bits per heavy atom. The third kappa shape index (κ3) is 5.72. The van der Waals surface area contributed by atoms with E-state index in [-0.39, 0.29) is 11.4 Å². The van der Waals surface area contributed by atoms with Crippen LogP contribution in [0.5, 0.6) is 11.5 Å². The summed E-state index contributed by atoms with van der Waals surface area (Å²) in [7, 11) is 0. The van der Waals surface area contributed by atoms with Crippen molar-refractivity contribution in [2.45, 2.75) is 32.3 Å². The van der Waals surface area contributed by atoms with Crippen LogP contribution in [-0.4, -0.2) is 42.5 Å². The second-order valence-electron chi connectivity index (χ2n) is 7.28. The van der Waals surface area contributed by atoms with Crippen molar-refractivity contribution in [3.63, 3.8) is 0 Å². The number of likely N-dealkylation sites (tertiary alicyclic amines) is 1. The quantitative estimate of drug-likeness (QED) is 0.636. The highest BCUT2D eigenvalue weighted by atomic mass is 35.5. The summed E-state index contributed by atoms with van der Waals surface area (Å²) in [6, 6.07) is 14.9. The Labute approximate surface area is 166 Å². The standard InChI is InChI=1S/C22H26ClNO3/c1-17(25)18-3-7-20(8-4-18)26-16-15-24-13-11-22(2,12-14-24)27-21-9-5-19(23)6-10-21/h3-10H,11-16H2,1-2H3. The Morgan fingerprint density at radius 2 is 1.63 bits per heavy atom. The van der Waals surface area contributed by atoms with Gasteiger partial charge in [-0.05, 0) is 75.2 Å². The van der Waals surface area contributed by atoms with Gasteiger partial charge in [0.05, 0.1) is 0 Å². The Balaban J connectivity index is 1.41. The van der Waals surface area contributed by atoms with E-state index in [0.29, 0.717) is 12.2 Å². The van der Waals surface area contributed by atoms with Gasteiger partial charge in [0.1, 0.15) is 23.7 Å². The van der Waals surface area contributed by atoms with E-state index < -0.39 is 0 Å². The van der Waals surface area contributed by atoms with Crippen LogP contribution < -0.4 is 9.47 Å². The molecule has 0 unspecified atom stereocenters. The van der Waals surface area contributed by atoms with Crippen LogP contribution in [0.15, 0.2) is 48.5 Å². The largest absolute Gasteiger partial charge is 0.492 e. The lowest BCUT2D eigenvalue weighted by atomic mass is 9.93. The van der Waals surface area contributed by atoms with Crippen LogP contribution in [0.4, 0.5) is 0 Å². The molecule has 1 aliphatic heterocycles. The van der Waals surface area contributed by atoms with Crippen molar-refractivity contribution in [3.05, 3.63) is 59.1 Å². The maximum atomic E-state index is 11.3. The number of carbonyl (C=O) groups is 1. The summed E-state index contributed by atoms with van der Waals surface area (Å²) in [4.78, 5) is 13.7. The lowest BCUT2D eigenvalue weighted by Crippen LogP contribution is -2.47. The third-order valence-electron chi connectivity index (χ3n) is 5.03. The predicted octanol–water partition coefficient (Wildman–Crippen LogP) is 4.85. The summed E-state index contributed by atoms with van der Waals surface area (Å²) in [5.41, 5.74) is 0.562. The zero-order valence-electron chi connectivity index (χ0n) is 15.9. The number of hydrogen-bond donors (Lipinski definition) is 0. The van der Waals surface area contributed by atoms with Crippen LogP contribution >= 0.6 is 11.6 Å². The van der Waals surface area contributed by atoms with Crippen molar-refractivity contribution in [1.82, 2.24) is 4.90 Å². The topological polar surface area (TPSA) is 38.8 Å². The first kappa shape index (κ1) is 19.7. The second kappa shape index (κ2) is 8.77. The van der Waals surface area contributed by atoms with Crippen molar-refractivity contribution in [3.8, 4) is 11.5 Å². The van der Waals surface area contributed by atoms with Crippen molar-refractivity contribution in [1.29, 1.82) is 0 Å². The van der Waals surface area contributed by atoms with E-state index in [4.69, 9.17) is 21.1 Å². The van der Waals surface area contributed by atoms with Gasteiger partial charge in [-0.15, -0.1) is 0 Å². The fourth-order valence-electron chi connectivity index (χ4n) is 3.22. The average molecular weight is 388 g/mol. The molecule has 4 nitrogen and oxygen atoms in total. The molecule has 2 aromatic carbocycles. The minimum Gasteiger partial charge on any atom is -0.492 e. The minimum atomic E-state index is -0.145. The average Bonchev–Trinajstić information content (AvgIpc) is 2.66. The van der Waals surface area contributed by atoms with Crippen LogP contribution in [-0.2, 0) is 0 Å². The Kier molecular flexibility index (Phi) is 6.40. The molecule has 0 aliphatic carbocycles. The SMILES string of the molecule is CC(=O)c1ccc(OCCN2CCC(C)(Oc3ccc(Cl)cc3)CC2)cc1. The van der Waals surface area contributed by atoms with Gasteiger partial charge in [0, 0.05) is 30.2 Å². The van der Waals surface area contributed by atoms with Gasteiger partial charge in [-0.2, -0.15) is 0 Å². The number of piperidine rings is 1. The highest BCUT2D eigenvalue weighted by Crippen LogP contribution is 2.29. The van der Waals surface area contributed by atoms with E-state index in [2.05, 4.69) is 11.8 Å². The van der Waals surface area contributed by atoms with Gasteiger partial charge >= 0.3 is 0 Å². The molecule has 1 aliphatic rings. The molecule has 1 heterocycles. The molecule has 5 heteroatoms. The Morgan fingerprint density at radius 3 is 2.22 bits per heavy atom. The Bertz CT molecular complexity index is 750. The van der Waals surface area contributed by atoms with Gasteiger partial charge in [-0.3, -0.25) is 9.69 Å². The molecule has 0 radical (unpaired) electrons. The molecule has 144 valence electrons. The number of halogens is 1. The number of ketones is 1. The molecule has 0 atom stereocenters. The van der Waals surface area contributed by atoms with Gasteiger partial charge in [0.2, 0.25) is 0 Å². The summed E-state index contributed by atoms with van der Waals surface area (Å²) in [6.45, 7) is 7.22. The molecule has 1 saturated heterocycles. The molecule has 3 rings (SSSR count). The van der Waals surface area contributed by atoms with Crippen LogP contribution in [0.1, 0.15) is 37.0 Å². The van der Waals surface area contributed by atoms with Gasteiger partial charge in [0.15, 0.2) is 5.78 Å². The highest BCUT2D eigenvalue weighted by molar-refractivity contribution is 6.30. The lowest BCUT2D eigenvalue weighted by molar-refractivity contribution is 0.0135. The van der Waals surface area contributed by atoms with Gasteiger partial charge < -0.3 is 9.47 Å². The molecular formula is C22H26ClNO3. The van der Waals surface area contributed by atoms with E-state index in [1.54, 1.807) is 19.1 Å². The van der Waals surface area contributed by atoms with E-state index in [1.807, 2.05) is 36.4 Å². The zero-order chi connectivity index (χ0) is 19.3. The second-order valence-corrected chi connectivity index (χ2v) is 7.71. The van der Waals surface area contributed by atoms with E-state index in [0.717, 1.165) is 49.0 Å². The molecule has 0 amide bonds. The summed E-state index contributed by atoms with van der Waals surface area (Å²) >= 11 is 5.93. The first-order valence-corrected chi connectivity index (χ1v) is 9.72. The third-order valence-corrected chi connectivity index (χ3v) is 5.28. The first-order valence-electron chi connectivity index (χ1n) is 9.34. The fourth-order valence-corrected chi connectivity index (χ4v) is 3.34. The lowest BCUT2D eigenvalue weighted by Gasteiger charge is -2.39. The molecule has 1 fully saturated rings. The fraction of sp³-hybridized carbons (Fsp3) is 0.409. The maximum absolute atomic E-state index is 11.3. The van der Waals surface area contributed by atoms with Crippen molar-refractivity contribution in [2.24, 2.45) is 0 Å². The van der Waals surface area contributed by atoms with Gasteiger partial charge in [0.25, 0.3) is 0 Å². The number of rotatable bonds is 7. The van der Waals surface area contributed by atoms with Crippen LogP contribution in [0.3, 0.4) is 0 Å². The van der Waals surface area contributed by atoms with Crippen LogP contribution in [0.2, 0.25) is 5.02 Å². The maximum Gasteiger partial charge on any atom is 0.159 e. The molecule has 0 bridgehead atoms. The smallest absolute Gasteiger partial charge is 0.159 e. The van der Waals surface area contributed by atoms with Crippen LogP contribution in [0.25, 0.3) is 0 Å². The molecule has 0 spiro atoms. The molecule has 0 N–H and O–H groups in total. The first-order chi connectivity index (χ1) is 12.9. The molecular weight excluding hydrogens is 362 g/mol. The number of benzene rings is 2. The zero-order valence-corrected chi connectivity index (χ0v) is 16.7. The van der Waals surface area contributed by atoms with Gasteiger partial charge in [-0.25, -0.2) is 0 Å².